The van der Waals surface area contributed by atoms with Crippen molar-refractivity contribution in [3.05, 3.63) is 0 Å². The second-order valence-electron chi connectivity index (χ2n) is 3.95. The van der Waals surface area contributed by atoms with Crippen LogP contribution in [0.15, 0.2) is 0 Å². The Balaban J connectivity index is 2.07. The minimum absolute atomic E-state index is 0.0868. The van der Waals surface area contributed by atoms with Gasteiger partial charge in [0.2, 0.25) is 0 Å². The van der Waals surface area contributed by atoms with E-state index in [4.69, 9.17) is 14.2 Å². The van der Waals surface area contributed by atoms with E-state index in [1.54, 1.807) is 0 Å². The van der Waals surface area contributed by atoms with E-state index in [0.29, 0.717) is 13.2 Å². The van der Waals surface area contributed by atoms with E-state index in [1.807, 2.05) is 13.8 Å². The summed E-state index contributed by atoms with van der Waals surface area (Å²) in [7, 11) is 0. The third kappa shape index (κ3) is 1.56. The van der Waals surface area contributed by atoms with E-state index < -0.39 is 11.9 Å². The first-order valence-corrected chi connectivity index (χ1v) is 5.32. The maximum absolute atomic E-state index is 9.64. The molecule has 0 bridgehead atoms. The van der Waals surface area contributed by atoms with Crippen molar-refractivity contribution in [2.45, 2.75) is 50.8 Å². The summed E-state index contributed by atoms with van der Waals surface area (Å²) in [4.78, 5) is 0. The van der Waals surface area contributed by atoms with E-state index in [-0.39, 0.29) is 12.2 Å². The number of ether oxygens (including phenoxy) is 3. The normalized spacial score (nSPS) is 40.9. The maximum atomic E-state index is 9.64. The topological polar surface area (TPSA) is 47.9 Å². The molecule has 0 unspecified atom stereocenters. The number of hydrogen-bond acceptors (Lipinski definition) is 4. The van der Waals surface area contributed by atoms with Gasteiger partial charge in [0.05, 0.1) is 13.2 Å². The minimum atomic E-state index is -0.504. The van der Waals surface area contributed by atoms with Gasteiger partial charge in [-0.3, -0.25) is 0 Å². The van der Waals surface area contributed by atoms with Crippen molar-refractivity contribution >= 4 is 0 Å². The molecule has 0 aliphatic carbocycles. The van der Waals surface area contributed by atoms with E-state index in [9.17, 15) is 5.11 Å². The molecule has 0 aromatic heterocycles. The number of rotatable bonds is 2. The second kappa shape index (κ2) is 3.77. The smallest absolute Gasteiger partial charge is 0.168 e. The van der Waals surface area contributed by atoms with Gasteiger partial charge in [0.15, 0.2) is 5.79 Å². The average Bonchev–Trinajstić information content (AvgIpc) is 2.60. The average molecular weight is 202 g/mol. The van der Waals surface area contributed by atoms with E-state index in [2.05, 4.69) is 0 Å². The molecule has 0 aromatic rings. The predicted molar refractivity (Wildman–Crippen MR) is 49.9 cm³/mol. The maximum Gasteiger partial charge on any atom is 0.168 e. The Morgan fingerprint density at radius 1 is 1.29 bits per heavy atom. The Morgan fingerprint density at radius 3 is 2.64 bits per heavy atom. The molecule has 4 heteroatoms. The molecule has 0 aromatic carbocycles. The lowest BCUT2D eigenvalue weighted by molar-refractivity contribution is -0.319. The summed E-state index contributed by atoms with van der Waals surface area (Å²) in [5.41, 5.74) is 0. The Bertz CT molecular complexity index is 202. The van der Waals surface area contributed by atoms with Crippen LogP contribution in [0.1, 0.15) is 26.7 Å². The quantitative estimate of drug-likeness (QED) is 0.715. The lowest BCUT2D eigenvalue weighted by Gasteiger charge is -2.41. The molecule has 14 heavy (non-hydrogen) atoms. The molecular formula is C10H18O4. The van der Waals surface area contributed by atoms with Gasteiger partial charge in [-0.25, -0.2) is 0 Å². The Hall–Kier alpha value is -0.160. The number of fused-ring (bicyclic) bond motifs is 1. The zero-order valence-electron chi connectivity index (χ0n) is 8.73. The molecule has 0 saturated carbocycles. The van der Waals surface area contributed by atoms with Gasteiger partial charge < -0.3 is 19.3 Å². The number of hydrogen-bond donors (Lipinski definition) is 1. The Labute approximate surface area is 84.1 Å². The van der Waals surface area contributed by atoms with Crippen LogP contribution in [-0.2, 0) is 14.2 Å². The van der Waals surface area contributed by atoms with Crippen LogP contribution in [0, 0.1) is 0 Å². The zero-order valence-corrected chi connectivity index (χ0v) is 8.73. The van der Waals surface area contributed by atoms with Gasteiger partial charge in [-0.1, -0.05) is 13.8 Å². The van der Waals surface area contributed by atoms with Crippen molar-refractivity contribution in [2.75, 3.05) is 13.2 Å². The van der Waals surface area contributed by atoms with Crippen molar-refractivity contribution < 1.29 is 19.3 Å². The molecule has 0 spiro atoms. The van der Waals surface area contributed by atoms with Crippen molar-refractivity contribution in [2.24, 2.45) is 0 Å². The Morgan fingerprint density at radius 2 is 2.00 bits per heavy atom. The van der Waals surface area contributed by atoms with Crippen LogP contribution >= 0.6 is 0 Å². The van der Waals surface area contributed by atoms with Crippen molar-refractivity contribution in [3.8, 4) is 0 Å². The van der Waals surface area contributed by atoms with Crippen LogP contribution < -0.4 is 0 Å². The molecule has 0 amide bonds. The molecule has 82 valence electrons. The Kier molecular flexibility index (Phi) is 2.79. The molecule has 2 saturated heterocycles. The van der Waals surface area contributed by atoms with Crippen LogP contribution in [0.3, 0.4) is 0 Å². The highest BCUT2D eigenvalue weighted by atomic mass is 16.7. The fourth-order valence-electron chi connectivity index (χ4n) is 2.09. The van der Waals surface area contributed by atoms with Gasteiger partial charge in [-0.2, -0.15) is 0 Å². The summed E-state index contributed by atoms with van der Waals surface area (Å²) >= 11 is 0. The van der Waals surface area contributed by atoms with Crippen molar-refractivity contribution in [1.29, 1.82) is 0 Å². The van der Waals surface area contributed by atoms with Gasteiger partial charge in [0.1, 0.15) is 18.3 Å². The van der Waals surface area contributed by atoms with Gasteiger partial charge in [0, 0.05) is 0 Å². The third-order valence-electron chi connectivity index (χ3n) is 3.17. The first-order chi connectivity index (χ1) is 6.71. The molecule has 2 rings (SSSR count). The van der Waals surface area contributed by atoms with Crippen LogP contribution in [-0.4, -0.2) is 42.4 Å². The van der Waals surface area contributed by atoms with Crippen molar-refractivity contribution in [3.63, 3.8) is 0 Å². The minimum Gasteiger partial charge on any atom is -0.388 e. The summed E-state index contributed by atoms with van der Waals surface area (Å²) in [6.45, 7) is 4.96. The summed E-state index contributed by atoms with van der Waals surface area (Å²) in [6, 6.07) is 0. The van der Waals surface area contributed by atoms with Crippen LogP contribution in [0.4, 0.5) is 0 Å². The standard InChI is InChI=1S/C10H18O4/c1-3-10(4-2)13-6-8-9(14-10)7(11)5-12-8/h7-9,11H,3-6H2,1-2H3/t7-,8+,9+/m0/s1. The molecule has 4 nitrogen and oxygen atoms in total. The fraction of sp³-hybridized carbons (Fsp3) is 1.00. The predicted octanol–water partition coefficient (Wildman–Crippen LogP) is 0.678. The molecule has 1 N–H and O–H groups in total. The highest BCUT2D eigenvalue weighted by molar-refractivity contribution is 4.90. The molecular weight excluding hydrogens is 184 g/mol. The summed E-state index contributed by atoms with van der Waals surface area (Å²) in [6.07, 6.45) is 0.819. The molecule has 2 aliphatic rings. The van der Waals surface area contributed by atoms with Gasteiger partial charge in [-0.05, 0) is 12.8 Å². The highest BCUT2D eigenvalue weighted by Gasteiger charge is 2.47. The van der Waals surface area contributed by atoms with Gasteiger partial charge in [0.25, 0.3) is 0 Å². The summed E-state index contributed by atoms with van der Waals surface area (Å²) < 4.78 is 16.8. The third-order valence-corrected chi connectivity index (χ3v) is 3.17. The number of aliphatic hydroxyl groups excluding tert-OH is 1. The fourth-order valence-corrected chi connectivity index (χ4v) is 2.09. The van der Waals surface area contributed by atoms with Gasteiger partial charge >= 0.3 is 0 Å². The van der Waals surface area contributed by atoms with E-state index >= 15 is 0 Å². The first-order valence-electron chi connectivity index (χ1n) is 5.32. The number of aliphatic hydroxyl groups is 1. The monoisotopic (exact) mass is 202 g/mol. The first kappa shape index (κ1) is 10.4. The van der Waals surface area contributed by atoms with Crippen LogP contribution in [0.2, 0.25) is 0 Å². The molecule has 3 atom stereocenters. The molecule has 2 heterocycles. The van der Waals surface area contributed by atoms with E-state index in [0.717, 1.165) is 12.8 Å². The molecule has 2 aliphatic heterocycles. The van der Waals surface area contributed by atoms with Crippen LogP contribution in [0.5, 0.6) is 0 Å². The van der Waals surface area contributed by atoms with Gasteiger partial charge in [-0.15, -0.1) is 0 Å². The van der Waals surface area contributed by atoms with Crippen molar-refractivity contribution in [1.82, 2.24) is 0 Å². The summed E-state index contributed by atoms with van der Waals surface area (Å²) in [5.74, 6) is -0.504. The molecule has 2 fully saturated rings. The van der Waals surface area contributed by atoms with Crippen LogP contribution in [0.25, 0.3) is 0 Å². The molecule has 0 radical (unpaired) electrons. The summed E-state index contributed by atoms with van der Waals surface area (Å²) in [5, 5.41) is 9.64. The second-order valence-corrected chi connectivity index (χ2v) is 3.95. The highest BCUT2D eigenvalue weighted by Crippen LogP contribution is 2.34. The largest absolute Gasteiger partial charge is 0.388 e. The lowest BCUT2D eigenvalue weighted by atomic mass is 10.1. The lowest BCUT2D eigenvalue weighted by Crippen LogP contribution is -2.52. The SMILES string of the molecule is CCC1(CC)OC[C@H]2OC[C@H](O)[C@H]2O1. The zero-order chi connectivity index (χ0) is 10.2. The van der Waals surface area contributed by atoms with E-state index in [1.165, 1.54) is 0 Å².